The second-order valence-corrected chi connectivity index (χ2v) is 9.45. The van der Waals surface area contributed by atoms with Crippen molar-refractivity contribution in [3.63, 3.8) is 0 Å². The van der Waals surface area contributed by atoms with Gasteiger partial charge in [-0.1, -0.05) is 67.2 Å². The molecule has 3 aromatic rings. The SMILES string of the molecule is C=C(/N=C(\C)C(=O)NCCC)Nc1c(C)noc1-c1ccc(-c2ccc(C3(C(=O)OCC)CC3)cc2)cc1. The normalized spacial score (nSPS) is 14.1. The lowest BCUT2D eigenvalue weighted by atomic mass is 9.93. The summed E-state index contributed by atoms with van der Waals surface area (Å²) in [5, 5.41) is 10.0. The lowest BCUT2D eigenvalue weighted by Gasteiger charge is -2.14. The predicted molar refractivity (Wildman–Crippen MR) is 149 cm³/mol. The van der Waals surface area contributed by atoms with E-state index in [1.807, 2.05) is 69.3 Å². The lowest BCUT2D eigenvalue weighted by molar-refractivity contribution is -0.146. The molecule has 4 rings (SSSR count). The van der Waals surface area contributed by atoms with Gasteiger partial charge in [0.2, 0.25) is 0 Å². The van der Waals surface area contributed by atoms with Gasteiger partial charge in [0.25, 0.3) is 5.91 Å². The van der Waals surface area contributed by atoms with E-state index < -0.39 is 5.41 Å². The van der Waals surface area contributed by atoms with Crippen molar-refractivity contribution >= 4 is 23.3 Å². The number of ether oxygens (including phenoxy) is 1. The van der Waals surface area contributed by atoms with Crippen molar-refractivity contribution in [2.75, 3.05) is 18.5 Å². The minimum Gasteiger partial charge on any atom is -0.465 e. The van der Waals surface area contributed by atoms with Crippen molar-refractivity contribution in [1.82, 2.24) is 10.5 Å². The molecule has 0 unspecified atom stereocenters. The van der Waals surface area contributed by atoms with Gasteiger partial charge in [0.1, 0.15) is 22.9 Å². The third-order valence-electron chi connectivity index (χ3n) is 6.63. The zero-order chi connectivity index (χ0) is 27.3. The molecule has 1 aliphatic carbocycles. The number of esters is 1. The number of benzene rings is 2. The van der Waals surface area contributed by atoms with Crippen molar-refractivity contribution < 1.29 is 18.8 Å². The first-order valence-electron chi connectivity index (χ1n) is 12.9. The molecule has 2 N–H and O–H groups in total. The van der Waals surface area contributed by atoms with Crippen LogP contribution in [0.25, 0.3) is 22.5 Å². The van der Waals surface area contributed by atoms with E-state index in [1.54, 1.807) is 6.92 Å². The maximum absolute atomic E-state index is 12.4. The highest BCUT2D eigenvalue weighted by atomic mass is 16.5. The molecule has 1 saturated carbocycles. The summed E-state index contributed by atoms with van der Waals surface area (Å²) in [6.45, 7) is 12.2. The van der Waals surface area contributed by atoms with Crippen LogP contribution in [-0.2, 0) is 19.7 Å². The van der Waals surface area contributed by atoms with Crippen LogP contribution in [-0.4, -0.2) is 35.9 Å². The van der Waals surface area contributed by atoms with E-state index in [0.29, 0.717) is 41.8 Å². The molecule has 1 aliphatic rings. The summed E-state index contributed by atoms with van der Waals surface area (Å²) in [4.78, 5) is 28.8. The second kappa shape index (κ2) is 11.5. The molecule has 1 heterocycles. The zero-order valence-electron chi connectivity index (χ0n) is 22.4. The summed E-state index contributed by atoms with van der Waals surface area (Å²) < 4.78 is 10.9. The molecule has 198 valence electrons. The molecule has 8 heteroatoms. The number of hydrogen-bond acceptors (Lipinski definition) is 7. The number of amides is 1. The second-order valence-electron chi connectivity index (χ2n) is 9.45. The van der Waals surface area contributed by atoms with Gasteiger partial charge in [0.15, 0.2) is 5.76 Å². The first-order valence-corrected chi connectivity index (χ1v) is 12.9. The molecule has 2 aromatic carbocycles. The number of hydrogen-bond donors (Lipinski definition) is 2. The predicted octanol–water partition coefficient (Wildman–Crippen LogP) is 5.78. The highest BCUT2D eigenvalue weighted by Gasteiger charge is 2.52. The highest BCUT2D eigenvalue weighted by Crippen LogP contribution is 2.49. The fourth-order valence-electron chi connectivity index (χ4n) is 4.31. The van der Waals surface area contributed by atoms with Crippen LogP contribution in [0, 0.1) is 6.92 Å². The molecular weight excluding hydrogens is 480 g/mol. The van der Waals surface area contributed by atoms with Gasteiger partial charge < -0.3 is 19.9 Å². The van der Waals surface area contributed by atoms with Crippen molar-refractivity contribution in [3.05, 3.63) is 72.2 Å². The van der Waals surface area contributed by atoms with E-state index in [0.717, 1.165) is 41.5 Å². The van der Waals surface area contributed by atoms with Crippen LogP contribution in [0.2, 0.25) is 0 Å². The number of anilines is 1. The Labute approximate surface area is 223 Å². The van der Waals surface area contributed by atoms with Crippen molar-refractivity contribution in [2.24, 2.45) is 4.99 Å². The van der Waals surface area contributed by atoms with Crippen LogP contribution >= 0.6 is 0 Å². The van der Waals surface area contributed by atoms with Crippen LogP contribution in [0.1, 0.15) is 51.3 Å². The topological polar surface area (TPSA) is 106 Å². The largest absolute Gasteiger partial charge is 0.465 e. The average molecular weight is 515 g/mol. The number of rotatable bonds is 11. The van der Waals surface area contributed by atoms with E-state index in [9.17, 15) is 9.59 Å². The van der Waals surface area contributed by atoms with Gasteiger partial charge in [-0.25, -0.2) is 4.99 Å². The molecule has 0 atom stereocenters. The zero-order valence-corrected chi connectivity index (χ0v) is 22.4. The highest BCUT2D eigenvalue weighted by molar-refractivity contribution is 6.38. The summed E-state index contributed by atoms with van der Waals surface area (Å²) in [5.41, 5.74) is 5.06. The first-order chi connectivity index (χ1) is 18.3. The third-order valence-corrected chi connectivity index (χ3v) is 6.63. The molecule has 38 heavy (non-hydrogen) atoms. The van der Waals surface area contributed by atoms with E-state index >= 15 is 0 Å². The van der Waals surface area contributed by atoms with Gasteiger partial charge in [-0.3, -0.25) is 9.59 Å². The van der Waals surface area contributed by atoms with Gasteiger partial charge >= 0.3 is 5.97 Å². The molecule has 0 aliphatic heterocycles. The summed E-state index contributed by atoms with van der Waals surface area (Å²) in [6.07, 6.45) is 2.51. The molecule has 1 fully saturated rings. The van der Waals surface area contributed by atoms with E-state index in [1.165, 1.54) is 0 Å². The Morgan fingerprint density at radius 2 is 1.66 bits per heavy atom. The van der Waals surface area contributed by atoms with Crippen LogP contribution in [0.5, 0.6) is 0 Å². The van der Waals surface area contributed by atoms with Gasteiger partial charge in [0, 0.05) is 12.1 Å². The average Bonchev–Trinajstić information content (AvgIpc) is 3.66. The van der Waals surface area contributed by atoms with Crippen LogP contribution in [0.15, 0.2) is 70.4 Å². The maximum Gasteiger partial charge on any atom is 0.316 e. The van der Waals surface area contributed by atoms with Gasteiger partial charge in [0.05, 0.1) is 12.0 Å². The molecule has 1 aromatic heterocycles. The molecular formula is C30H34N4O4. The molecule has 1 amide bonds. The summed E-state index contributed by atoms with van der Waals surface area (Å²) in [5.74, 6) is 0.509. The Morgan fingerprint density at radius 1 is 1.05 bits per heavy atom. The quantitative estimate of drug-likeness (QED) is 0.248. The Balaban J connectivity index is 1.48. The van der Waals surface area contributed by atoms with Gasteiger partial charge in [-0.05, 0) is 56.7 Å². The fraction of sp³-hybridized carbons (Fsp3) is 0.333. The Morgan fingerprint density at radius 3 is 2.24 bits per heavy atom. The van der Waals surface area contributed by atoms with Crippen molar-refractivity contribution in [1.29, 1.82) is 0 Å². The maximum atomic E-state index is 12.4. The van der Waals surface area contributed by atoms with Crippen molar-refractivity contribution in [2.45, 2.75) is 52.4 Å². The minimum atomic E-state index is -0.474. The number of carbonyl (C=O) groups excluding carboxylic acids is 2. The molecule has 0 radical (unpaired) electrons. The number of nitrogens with zero attached hydrogens (tertiary/aromatic N) is 2. The summed E-state index contributed by atoms with van der Waals surface area (Å²) in [7, 11) is 0. The van der Waals surface area contributed by atoms with E-state index in [2.05, 4.69) is 27.4 Å². The smallest absolute Gasteiger partial charge is 0.316 e. The Kier molecular flexibility index (Phi) is 8.10. The molecule has 0 saturated heterocycles. The monoisotopic (exact) mass is 514 g/mol. The molecule has 0 bridgehead atoms. The summed E-state index contributed by atoms with van der Waals surface area (Å²) >= 11 is 0. The van der Waals surface area contributed by atoms with Crippen LogP contribution in [0.3, 0.4) is 0 Å². The van der Waals surface area contributed by atoms with Crippen molar-refractivity contribution in [3.8, 4) is 22.5 Å². The fourth-order valence-corrected chi connectivity index (χ4v) is 4.31. The van der Waals surface area contributed by atoms with Gasteiger partial charge in [-0.2, -0.15) is 0 Å². The van der Waals surface area contributed by atoms with Gasteiger partial charge in [-0.15, -0.1) is 0 Å². The summed E-state index contributed by atoms with van der Waals surface area (Å²) in [6, 6.07) is 16.1. The number of aryl methyl sites for hydroxylation is 1. The first kappa shape index (κ1) is 26.9. The van der Waals surface area contributed by atoms with Crippen LogP contribution in [0.4, 0.5) is 5.69 Å². The minimum absolute atomic E-state index is 0.132. The lowest BCUT2D eigenvalue weighted by Crippen LogP contribution is -2.30. The number of aromatic nitrogens is 1. The van der Waals surface area contributed by atoms with E-state index in [-0.39, 0.29) is 11.9 Å². The van der Waals surface area contributed by atoms with Crippen LogP contribution < -0.4 is 10.6 Å². The number of aliphatic imine (C=N–C) groups is 1. The number of carbonyl (C=O) groups is 2. The Bertz CT molecular complexity index is 1350. The number of nitrogens with one attached hydrogen (secondary N) is 2. The molecule has 8 nitrogen and oxygen atoms in total. The molecule has 0 spiro atoms. The Hall–Kier alpha value is -4.20. The standard InChI is InChI=1S/C30H34N4O4/c1-6-18-31-28(35)20(4)32-21(5)33-26-19(3)34-38-27(26)24-10-8-22(9-11-24)23-12-14-25(15-13-23)30(16-17-30)29(36)37-7-2/h8-15,33H,5-7,16-18H2,1-4H3,(H,31,35)/b32-20+. The van der Waals surface area contributed by atoms with E-state index in [4.69, 9.17) is 9.26 Å². The third kappa shape index (κ3) is 5.69.